The third-order valence-corrected chi connectivity index (χ3v) is 4.64. The van der Waals surface area contributed by atoms with Gasteiger partial charge < -0.3 is 5.32 Å². The van der Waals surface area contributed by atoms with Crippen LogP contribution in [0.4, 0.5) is 0 Å². The van der Waals surface area contributed by atoms with Crippen LogP contribution >= 0.6 is 22.9 Å². The smallest absolute Gasteiger partial charge is 0.220 e. The number of rotatable bonds is 3. The normalized spacial score (nSPS) is 25.1. The van der Waals surface area contributed by atoms with E-state index >= 15 is 0 Å². The van der Waals surface area contributed by atoms with E-state index < -0.39 is 0 Å². The van der Waals surface area contributed by atoms with Gasteiger partial charge in [-0.15, -0.1) is 11.3 Å². The van der Waals surface area contributed by atoms with E-state index in [1.165, 1.54) is 4.88 Å². The second kappa shape index (κ2) is 4.38. The molecule has 0 aromatic carbocycles. The van der Waals surface area contributed by atoms with Gasteiger partial charge >= 0.3 is 0 Å². The van der Waals surface area contributed by atoms with Crippen LogP contribution in [0.25, 0.3) is 0 Å². The van der Waals surface area contributed by atoms with Gasteiger partial charge in [-0.3, -0.25) is 4.79 Å². The maximum Gasteiger partial charge on any atom is 0.220 e. The van der Waals surface area contributed by atoms with Crippen LogP contribution in [0.5, 0.6) is 0 Å². The van der Waals surface area contributed by atoms with Crippen molar-refractivity contribution in [1.29, 1.82) is 0 Å². The Morgan fingerprint density at radius 3 is 2.75 bits per heavy atom. The number of nitrogens with one attached hydrogen (secondary N) is 1. The zero-order chi connectivity index (χ0) is 11.8. The van der Waals surface area contributed by atoms with Gasteiger partial charge in [0.1, 0.15) is 0 Å². The van der Waals surface area contributed by atoms with Gasteiger partial charge in [-0.05, 0) is 24.5 Å². The number of thiophene rings is 1. The molecule has 1 unspecified atom stereocenters. The second-order valence-corrected chi connectivity index (χ2v) is 6.54. The molecule has 1 amide bonds. The molecule has 1 aromatic heterocycles. The topological polar surface area (TPSA) is 29.1 Å². The molecule has 0 bridgehead atoms. The van der Waals surface area contributed by atoms with Crippen LogP contribution in [0.1, 0.15) is 31.6 Å². The predicted molar refractivity (Wildman–Crippen MR) is 68.0 cm³/mol. The van der Waals surface area contributed by atoms with Crippen molar-refractivity contribution in [1.82, 2.24) is 5.32 Å². The largest absolute Gasteiger partial charge is 0.350 e. The van der Waals surface area contributed by atoms with Gasteiger partial charge in [-0.2, -0.15) is 0 Å². The molecule has 0 saturated carbocycles. The van der Waals surface area contributed by atoms with E-state index in [0.717, 1.165) is 17.2 Å². The van der Waals surface area contributed by atoms with Crippen molar-refractivity contribution in [3.8, 4) is 0 Å². The van der Waals surface area contributed by atoms with E-state index in [1.807, 2.05) is 6.07 Å². The zero-order valence-electron chi connectivity index (χ0n) is 9.55. The molecule has 88 valence electrons. The quantitative estimate of drug-likeness (QED) is 0.885. The summed E-state index contributed by atoms with van der Waals surface area (Å²) in [5, 5.41) is 3.15. The van der Waals surface area contributed by atoms with Crippen molar-refractivity contribution in [2.24, 2.45) is 5.92 Å². The summed E-state index contributed by atoms with van der Waals surface area (Å²) < 4.78 is 0.818. The van der Waals surface area contributed by atoms with E-state index in [2.05, 4.69) is 25.2 Å². The predicted octanol–water partition coefficient (Wildman–Crippen LogP) is 3.25. The van der Waals surface area contributed by atoms with Gasteiger partial charge in [-0.25, -0.2) is 0 Å². The van der Waals surface area contributed by atoms with Gasteiger partial charge in [-0.1, -0.05) is 25.4 Å². The summed E-state index contributed by atoms with van der Waals surface area (Å²) in [5.41, 5.74) is -0.0642. The van der Waals surface area contributed by atoms with Crippen LogP contribution in [-0.2, 0) is 11.2 Å². The van der Waals surface area contributed by atoms with Crippen molar-refractivity contribution in [2.75, 3.05) is 0 Å². The zero-order valence-corrected chi connectivity index (χ0v) is 11.1. The molecular formula is C12H16ClNOS. The average molecular weight is 258 g/mol. The molecule has 1 atom stereocenters. The lowest BCUT2D eigenvalue weighted by atomic mass is 9.81. The van der Waals surface area contributed by atoms with Crippen LogP contribution < -0.4 is 5.32 Å². The van der Waals surface area contributed by atoms with Crippen LogP contribution in [-0.4, -0.2) is 11.4 Å². The first-order valence-electron chi connectivity index (χ1n) is 5.57. The SMILES string of the molecule is CC(C)C1(Cc2ccc(Cl)s2)CCC(=O)N1. The maximum atomic E-state index is 11.4. The van der Waals surface area contributed by atoms with Crippen LogP contribution in [0.15, 0.2) is 12.1 Å². The molecule has 4 heteroatoms. The highest BCUT2D eigenvalue weighted by atomic mass is 35.5. The molecule has 16 heavy (non-hydrogen) atoms. The molecule has 0 spiro atoms. The van der Waals surface area contributed by atoms with Crippen LogP contribution in [0.3, 0.4) is 0 Å². The summed E-state index contributed by atoms with van der Waals surface area (Å²) in [7, 11) is 0. The Kier molecular flexibility index (Phi) is 3.27. The summed E-state index contributed by atoms with van der Waals surface area (Å²) in [6.45, 7) is 4.33. The van der Waals surface area contributed by atoms with Crippen molar-refractivity contribution in [2.45, 2.75) is 38.6 Å². The number of amides is 1. The molecule has 1 aromatic rings. The lowest BCUT2D eigenvalue weighted by molar-refractivity contribution is -0.120. The van der Waals surface area contributed by atoms with E-state index in [-0.39, 0.29) is 11.4 Å². The highest BCUT2D eigenvalue weighted by molar-refractivity contribution is 7.16. The fourth-order valence-corrected chi connectivity index (χ4v) is 3.48. The van der Waals surface area contributed by atoms with Crippen molar-refractivity contribution < 1.29 is 4.79 Å². The van der Waals surface area contributed by atoms with Crippen molar-refractivity contribution in [3.63, 3.8) is 0 Å². The van der Waals surface area contributed by atoms with E-state index in [0.29, 0.717) is 12.3 Å². The molecule has 2 rings (SSSR count). The Balaban J connectivity index is 2.18. The first kappa shape index (κ1) is 11.9. The Morgan fingerprint density at radius 1 is 1.56 bits per heavy atom. The minimum atomic E-state index is -0.0642. The molecule has 1 aliphatic rings. The lowest BCUT2D eigenvalue weighted by Crippen LogP contribution is -2.47. The third-order valence-electron chi connectivity index (χ3n) is 3.41. The Hall–Kier alpha value is -0.540. The minimum Gasteiger partial charge on any atom is -0.350 e. The number of carbonyl (C=O) groups excluding carboxylic acids is 1. The third kappa shape index (κ3) is 2.25. The summed E-state index contributed by atoms with van der Waals surface area (Å²) in [6.07, 6.45) is 2.48. The van der Waals surface area contributed by atoms with E-state index in [9.17, 15) is 4.79 Å². The molecule has 1 fully saturated rings. The monoisotopic (exact) mass is 257 g/mol. The molecule has 1 saturated heterocycles. The first-order valence-corrected chi connectivity index (χ1v) is 6.76. The fraction of sp³-hybridized carbons (Fsp3) is 0.583. The standard InChI is InChI=1S/C12H16ClNOS/c1-8(2)12(6-5-11(15)14-12)7-9-3-4-10(13)16-9/h3-4,8H,5-7H2,1-2H3,(H,14,15). The molecule has 1 N–H and O–H groups in total. The highest BCUT2D eigenvalue weighted by Gasteiger charge is 2.40. The maximum absolute atomic E-state index is 11.4. The van der Waals surface area contributed by atoms with Gasteiger partial charge in [0.25, 0.3) is 0 Å². The number of halogens is 1. The van der Waals surface area contributed by atoms with Gasteiger partial charge in [0, 0.05) is 23.3 Å². The molecule has 0 aliphatic carbocycles. The van der Waals surface area contributed by atoms with Crippen LogP contribution in [0.2, 0.25) is 4.34 Å². The van der Waals surface area contributed by atoms with Crippen molar-refractivity contribution in [3.05, 3.63) is 21.3 Å². The molecule has 0 radical (unpaired) electrons. The van der Waals surface area contributed by atoms with Crippen LogP contribution in [0, 0.1) is 5.92 Å². The summed E-state index contributed by atoms with van der Waals surface area (Å²) >= 11 is 7.54. The molecule has 1 aliphatic heterocycles. The van der Waals surface area contributed by atoms with E-state index in [1.54, 1.807) is 11.3 Å². The van der Waals surface area contributed by atoms with Gasteiger partial charge in [0.2, 0.25) is 5.91 Å². The van der Waals surface area contributed by atoms with Crippen molar-refractivity contribution >= 4 is 28.8 Å². The minimum absolute atomic E-state index is 0.0642. The fourth-order valence-electron chi connectivity index (χ4n) is 2.27. The number of hydrogen-bond donors (Lipinski definition) is 1. The number of hydrogen-bond acceptors (Lipinski definition) is 2. The summed E-state index contributed by atoms with van der Waals surface area (Å²) in [4.78, 5) is 12.7. The summed E-state index contributed by atoms with van der Waals surface area (Å²) in [6, 6.07) is 3.98. The molecule has 2 heterocycles. The Labute approximate surface area is 105 Å². The highest BCUT2D eigenvalue weighted by Crippen LogP contribution is 2.34. The Bertz CT molecular complexity index is 401. The van der Waals surface area contributed by atoms with Gasteiger partial charge in [0.05, 0.1) is 4.34 Å². The number of carbonyl (C=O) groups is 1. The lowest BCUT2D eigenvalue weighted by Gasteiger charge is -2.33. The van der Waals surface area contributed by atoms with Gasteiger partial charge in [0.15, 0.2) is 0 Å². The molecule has 2 nitrogen and oxygen atoms in total. The van der Waals surface area contributed by atoms with E-state index in [4.69, 9.17) is 11.6 Å². The average Bonchev–Trinajstić information content (AvgIpc) is 2.75. The Morgan fingerprint density at radius 2 is 2.31 bits per heavy atom. The second-order valence-electron chi connectivity index (χ2n) is 4.74. The summed E-state index contributed by atoms with van der Waals surface area (Å²) in [5.74, 6) is 0.621. The first-order chi connectivity index (χ1) is 7.52. The molecular weight excluding hydrogens is 242 g/mol.